The number of aromatic carboxylic acids is 1. The van der Waals surface area contributed by atoms with Crippen molar-refractivity contribution in [2.45, 2.75) is 6.54 Å². The third-order valence-corrected chi connectivity index (χ3v) is 3.40. The van der Waals surface area contributed by atoms with E-state index >= 15 is 0 Å². The number of methoxy groups -OCH3 is 1. The van der Waals surface area contributed by atoms with Crippen molar-refractivity contribution in [2.24, 2.45) is 0 Å². The van der Waals surface area contributed by atoms with Crippen LogP contribution in [0.4, 0.5) is 0 Å². The van der Waals surface area contributed by atoms with Crippen LogP contribution in [0.2, 0.25) is 0 Å². The topological polar surface area (TPSA) is 59.0 Å². The van der Waals surface area contributed by atoms with Crippen LogP contribution < -0.4 is 4.74 Å². The quantitative estimate of drug-likeness (QED) is 0.810. The summed E-state index contributed by atoms with van der Waals surface area (Å²) in [5.41, 5.74) is 1.24. The zero-order valence-corrected chi connectivity index (χ0v) is 13.4. The average Bonchev–Trinajstić information content (AvgIpc) is 2.55. The number of para-hydroxylation sites is 1. The van der Waals surface area contributed by atoms with E-state index in [1.807, 2.05) is 31.3 Å². The van der Waals surface area contributed by atoms with Crippen molar-refractivity contribution in [3.8, 4) is 11.5 Å². The molecule has 0 saturated carbocycles. The Kier molecular flexibility index (Phi) is 6.14. The molecule has 1 N–H and O–H groups in total. The summed E-state index contributed by atoms with van der Waals surface area (Å²) in [5.74, 6) is 0.263. The van der Waals surface area contributed by atoms with Gasteiger partial charge in [-0.2, -0.15) is 0 Å². The molecule has 0 aromatic heterocycles. The molecule has 0 aliphatic rings. The van der Waals surface area contributed by atoms with Gasteiger partial charge in [0.1, 0.15) is 11.5 Å². The van der Waals surface area contributed by atoms with Crippen LogP contribution in [0.25, 0.3) is 0 Å². The number of ether oxygens (including phenoxy) is 2. The van der Waals surface area contributed by atoms with Crippen LogP contribution in [0.3, 0.4) is 0 Å². The molecule has 0 spiro atoms. The van der Waals surface area contributed by atoms with Crippen molar-refractivity contribution in [1.29, 1.82) is 0 Å². The minimum atomic E-state index is -0.969. The fourth-order valence-corrected chi connectivity index (χ4v) is 2.17. The van der Waals surface area contributed by atoms with Gasteiger partial charge < -0.3 is 14.6 Å². The molecular weight excluding hydrogens is 294 g/mol. The number of carboxylic acid groups (broad SMARTS) is 1. The van der Waals surface area contributed by atoms with E-state index in [2.05, 4.69) is 4.90 Å². The van der Waals surface area contributed by atoms with E-state index in [1.54, 1.807) is 25.3 Å². The van der Waals surface area contributed by atoms with Crippen molar-refractivity contribution >= 4 is 5.97 Å². The molecule has 23 heavy (non-hydrogen) atoms. The second kappa shape index (κ2) is 8.31. The van der Waals surface area contributed by atoms with Gasteiger partial charge in [-0.1, -0.05) is 24.3 Å². The van der Waals surface area contributed by atoms with Gasteiger partial charge in [0.15, 0.2) is 0 Å². The second-order valence-corrected chi connectivity index (χ2v) is 5.27. The number of carboxylic acids is 1. The smallest absolute Gasteiger partial charge is 0.335 e. The summed E-state index contributed by atoms with van der Waals surface area (Å²) in [4.78, 5) is 13.2. The molecule has 5 heteroatoms. The maximum atomic E-state index is 11.0. The monoisotopic (exact) mass is 315 g/mol. The fraction of sp³-hybridized carbons (Fsp3) is 0.278. The van der Waals surface area contributed by atoms with Crippen molar-refractivity contribution in [2.75, 3.05) is 27.3 Å². The Labute approximate surface area is 136 Å². The highest BCUT2D eigenvalue weighted by Crippen LogP contribution is 2.26. The molecule has 0 saturated heterocycles. The van der Waals surface area contributed by atoms with Crippen LogP contribution in [0.5, 0.6) is 11.5 Å². The number of hydrogen-bond donors (Lipinski definition) is 1. The Morgan fingerprint density at radius 2 is 1.96 bits per heavy atom. The molecule has 0 unspecified atom stereocenters. The van der Waals surface area contributed by atoms with Gasteiger partial charge in [-0.3, -0.25) is 4.90 Å². The van der Waals surface area contributed by atoms with Gasteiger partial charge in [0.05, 0.1) is 12.2 Å². The Hall–Kier alpha value is -2.37. The third kappa shape index (κ3) is 5.09. The lowest BCUT2D eigenvalue weighted by Gasteiger charge is -2.18. The Bertz CT molecular complexity index is 657. The molecule has 0 fully saturated rings. The van der Waals surface area contributed by atoms with Crippen LogP contribution in [0.1, 0.15) is 15.9 Å². The van der Waals surface area contributed by atoms with E-state index in [0.717, 1.165) is 24.4 Å². The SMILES string of the molecule is COCCN(C)Cc1ccccc1Oc1cccc(C(=O)O)c1. The molecule has 2 aromatic carbocycles. The summed E-state index contributed by atoms with van der Waals surface area (Å²) in [6.45, 7) is 2.21. The summed E-state index contributed by atoms with van der Waals surface area (Å²) in [5, 5.41) is 9.06. The van der Waals surface area contributed by atoms with Gasteiger partial charge in [0.25, 0.3) is 0 Å². The first-order chi connectivity index (χ1) is 11.1. The maximum absolute atomic E-state index is 11.0. The lowest BCUT2D eigenvalue weighted by molar-refractivity contribution is 0.0696. The molecule has 2 rings (SSSR count). The number of rotatable bonds is 8. The summed E-state index contributed by atoms with van der Waals surface area (Å²) < 4.78 is 11.0. The first-order valence-corrected chi connectivity index (χ1v) is 7.36. The largest absolute Gasteiger partial charge is 0.478 e. The number of likely N-dealkylation sites (N-methyl/N-ethyl adjacent to an activating group) is 1. The minimum Gasteiger partial charge on any atom is -0.478 e. The molecular formula is C18H21NO4. The molecule has 122 valence electrons. The molecule has 2 aromatic rings. The zero-order chi connectivity index (χ0) is 16.7. The minimum absolute atomic E-state index is 0.206. The van der Waals surface area contributed by atoms with Crippen molar-refractivity contribution in [3.63, 3.8) is 0 Å². The first-order valence-electron chi connectivity index (χ1n) is 7.36. The van der Waals surface area contributed by atoms with E-state index in [9.17, 15) is 4.79 Å². The highest BCUT2D eigenvalue weighted by atomic mass is 16.5. The predicted molar refractivity (Wildman–Crippen MR) is 88.1 cm³/mol. The Balaban J connectivity index is 2.14. The van der Waals surface area contributed by atoms with Crippen LogP contribution in [0, 0.1) is 0 Å². The Morgan fingerprint density at radius 1 is 1.17 bits per heavy atom. The van der Waals surface area contributed by atoms with Gasteiger partial charge in [0, 0.05) is 25.8 Å². The normalized spacial score (nSPS) is 10.7. The molecule has 0 bridgehead atoms. The number of hydrogen-bond acceptors (Lipinski definition) is 4. The van der Waals surface area contributed by atoms with Gasteiger partial charge >= 0.3 is 5.97 Å². The predicted octanol–water partition coefficient (Wildman–Crippen LogP) is 3.26. The van der Waals surface area contributed by atoms with Crippen molar-refractivity contribution in [1.82, 2.24) is 4.90 Å². The zero-order valence-electron chi connectivity index (χ0n) is 13.4. The highest BCUT2D eigenvalue weighted by Gasteiger charge is 2.09. The molecule has 0 aliphatic carbocycles. The van der Waals surface area contributed by atoms with Gasteiger partial charge in [-0.25, -0.2) is 4.79 Å². The van der Waals surface area contributed by atoms with Crippen LogP contribution in [0.15, 0.2) is 48.5 Å². The third-order valence-electron chi connectivity index (χ3n) is 3.40. The van der Waals surface area contributed by atoms with E-state index in [4.69, 9.17) is 14.6 Å². The lowest BCUT2D eigenvalue weighted by atomic mass is 10.2. The Morgan fingerprint density at radius 3 is 2.70 bits per heavy atom. The van der Waals surface area contributed by atoms with Crippen molar-refractivity contribution in [3.05, 3.63) is 59.7 Å². The summed E-state index contributed by atoms with van der Waals surface area (Å²) >= 11 is 0. The van der Waals surface area contributed by atoms with E-state index in [0.29, 0.717) is 12.4 Å². The highest BCUT2D eigenvalue weighted by molar-refractivity contribution is 5.88. The van der Waals surface area contributed by atoms with Gasteiger partial charge in [-0.15, -0.1) is 0 Å². The molecule has 0 amide bonds. The van der Waals surface area contributed by atoms with E-state index in [-0.39, 0.29) is 5.56 Å². The standard InChI is InChI=1S/C18H21NO4/c1-19(10-11-22-2)13-15-6-3-4-9-17(15)23-16-8-5-7-14(12-16)18(20)21/h3-9,12H,10-11,13H2,1-2H3,(H,20,21). The van der Waals surface area contributed by atoms with E-state index in [1.165, 1.54) is 6.07 Å². The summed E-state index contributed by atoms with van der Waals surface area (Å²) in [6.07, 6.45) is 0. The van der Waals surface area contributed by atoms with Crippen LogP contribution >= 0.6 is 0 Å². The molecule has 0 radical (unpaired) electrons. The number of carbonyl (C=O) groups is 1. The van der Waals surface area contributed by atoms with E-state index < -0.39 is 5.97 Å². The van der Waals surface area contributed by atoms with Crippen LogP contribution in [-0.4, -0.2) is 43.3 Å². The summed E-state index contributed by atoms with van der Waals surface area (Å²) in [7, 11) is 3.70. The van der Waals surface area contributed by atoms with Gasteiger partial charge in [0.2, 0.25) is 0 Å². The number of benzene rings is 2. The van der Waals surface area contributed by atoms with Gasteiger partial charge in [-0.05, 0) is 31.3 Å². The second-order valence-electron chi connectivity index (χ2n) is 5.27. The maximum Gasteiger partial charge on any atom is 0.335 e. The number of nitrogens with zero attached hydrogens (tertiary/aromatic N) is 1. The average molecular weight is 315 g/mol. The molecule has 0 heterocycles. The molecule has 0 aliphatic heterocycles. The van der Waals surface area contributed by atoms with Crippen molar-refractivity contribution < 1.29 is 19.4 Å². The lowest BCUT2D eigenvalue weighted by Crippen LogP contribution is -2.22. The molecule has 0 atom stereocenters. The summed E-state index contributed by atoms with van der Waals surface area (Å²) in [6, 6.07) is 14.2. The first kappa shape index (κ1) is 17.0. The molecule has 5 nitrogen and oxygen atoms in total. The van der Waals surface area contributed by atoms with Crippen LogP contribution in [-0.2, 0) is 11.3 Å². The fourth-order valence-electron chi connectivity index (χ4n) is 2.17.